The van der Waals surface area contributed by atoms with Gasteiger partial charge in [-0.3, -0.25) is 0 Å². The second-order valence-corrected chi connectivity index (χ2v) is 5.96. The Bertz CT molecular complexity index is 494. The van der Waals surface area contributed by atoms with E-state index in [0.717, 1.165) is 22.0 Å². The Hall–Kier alpha value is -0.530. The number of hydrogen-bond acceptors (Lipinski definition) is 4. The number of aromatic nitrogens is 2. The molecule has 1 heterocycles. The highest BCUT2D eigenvalue weighted by Crippen LogP contribution is 2.28. The number of halogens is 1. The van der Waals surface area contributed by atoms with Crippen molar-refractivity contribution in [2.24, 2.45) is 0 Å². The zero-order valence-corrected chi connectivity index (χ0v) is 12.7. The summed E-state index contributed by atoms with van der Waals surface area (Å²) in [5, 5.41) is 13.8. The van der Waals surface area contributed by atoms with E-state index in [9.17, 15) is 0 Å². The van der Waals surface area contributed by atoms with E-state index >= 15 is 0 Å². The van der Waals surface area contributed by atoms with Crippen LogP contribution >= 0.6 is 33.9 Å². The summed E-state index contributed by atoms with van der Waals surface area (Å²) in [6.45, 7) is 2.15. The molecule has 0 aliphatic carbocycles. The highest BCUT2D eigenvalue weighted by molar-refractivity contribution is 14.1. The zero-order valence-electron chi connectivity index (χ0n) is 9.77. The molecule has 2 rings (SSSR count). The van der Waals surface area contributed by atoms with Gasteiger partial charge in [0.1, 0.15) is 10.0 Å². The number of benzene rings is 1. The molecule has 1 N–H and O–H groups in total. The number of nitrogens with one attached hydrogen (secondary N) is 1. The molecule has 17 heavy (non-hydrogen) atoms. The fourth-order valence-corrected chi connectivity index (χ4v) is 3.19. The highest BCUT2D eigenvalue weighted by atomic mass is 127. The first-order valence-electron chi connectivity index (χ1n) is 5.51. The summed E-state index contributed by atoms with van der Waals surface area (Å²) in [5.41, 5.74) is 1.15. The summed E-state index contributed by atoms with van der Waals surface area (Å²) in [5.74, 6) is 0. The van der Waals surface area contributed by atoms with E-state index in [2.05, 4.69) is 63.2 Å². The largest absolute Gasteiger partial charge is 0.311 e. The second kappa shape index (κ2) is 5.88. The molecule has 90 valence electrons. The molecule has 1 aromatic carbocycles. The van der Waals surface area contributed by atoms with Gasteiger partial charge < -0.3 is 5.32 Å². The van der Waals surface area contributed by atoms with Crippen LogP contribution in [0.5, 0.6) is 0 Å². The Kier molecular flexibility index (Phi) is 4.47. The van der Waals surface area contributed by atoms with E-state index in [1.54, 1.807) is 11.3 Å². The van der Waals surface area contributed by atoms with Gasteiger partial charge in [-0.2, -0.15) is 0 Å². The molecule has 0 aliphatic heterocycles. The van der Waals surface area contributed by atoms with E-state index in [-0.39, 0.29) is 0 Å². The van der Waals surface area contributed by atoms with Crippen LogP contribution in [-0.2, 0) is 0 Å². The van der Waals surface area contributed by atoms with Crippen molar-refractivity contribution in [1.29, 1.82) is 0 Å². The minimum Gasteiger partial charge on any atom is -0.311 e. The molecule has 3 nitrogen and oxygen atoms in total. The molecule has 0 bridgehead atoms. The molecule has 0 fully saturated rings. The van der Waals surface area contributed by atoms with Crippen LogP contribution < -0.4 is 5.32 Å². The number of hydrogen-bond donors (Lipinski definition) is 1. The first kappa shape index (κ1) is 12.9. The minimum absolute atomic E-state index is 0.309. The van der Waals surface area contributed by atoms with Gasteiger partial charge in [0.05, 0.1) is 6.04 Å². The summed E-state index contributed by atoms with van der Waals surface area (Å²) < 4.78 is 1.22. The second-order valence-electron chi connectivity index (χ2n) is 3.71. The van der Waals surface area contributed by atoms with Crippen molar-refractivity contribution in [3.63, 3.8) is 0 Å². The Morgan fingerprint density at radius 2 is 2.24 bits per heavy atom. The SMILES string of the molecule is CCC(NC)c1nnc(-c2cccc(I)c2)s1. The predicted molar refractivity (Wildman–Crippen MR) is 80.2 cm³/mol. The summed E-state index contributed by atoms with van der Waals surface area (Å²) in [7, 11) is 1.96. The fraction of sp³-hybridized carbons (Fsp3) is 0.333. The third-order valence-corrected chi connectivity index (χ3v) is 4.32. The zero-order chi connectivity index (χ0) is 12.3. The van der Waals surface area contributed by atoms with E-state index in [4.69, 9.17) is 0 Å². The Balaban J connectivity index is 2.29. The van der Waals surface area contributed by atoms with Gasteiger partial charge in [-0.25, -0.2) is 0 Å². The molecule has 5 heteroatoms. The molecule has 0 spiro atoms. The van der Waals surface area contributed by atoms with Crippen LogP contribution in [-0.4, -0.2) is 17.2 Å². The van der Waals surface area contributed by atoms with E-state index in [0.29, 0.717) is 6.04 Å². The quantitative estimate of drug-likeness (QED) is 0.850. The van der Waals surface area contributed by atoms with Gasteiger partial charge in [-0.1, -0.05) is 30.4 Å². The monoisotopic (exact) mass is 359 g/mol. The summed E-state index contributed by atoms with van der Waals surface area (Å²) in [4.78, 5) is 0. The van der Waals surface area contributed by atoms with Gasteiger partial charge in [-0.05, 0) is 48.2 Å². The van der Waals surface area contributed by atoms with Crippen LogP contribution in [0.3, 0.4) is 0 Å². The molecule has 1 aromatic heterocycles. The van der Waals surface area contributed by atoms with Crippen LogP contribution in [0.4, 0.5) is 0 Å². The molecule has 2 aromatic rings. The average molecular weight is 359 g/mol. The average Bonchev–Trinajstić information content (AvgIpc) is 2.80. The van der Waals surface area contributed by atoms with Crippen molar-refractivity contribution < 1.29 is 0 Å². The topological polar surface area (TPSA) is 37.8 Å². The Morgan fingerprint density at radius 1 is 1.41 bits per heavy atom. The van der Waals surface area contributed by atoms with E-state index in [1.807, 2.05) is 13.1 Å². The molecule has 0 amide bonds. The molecule has 0 aliphatic rings. The van der Waals surface area contributed by atoms with Crippen molar-refractivity contribution >= 4 is 33.9 Å². The first-order valence-corrected chi connectivity index (χ1v) is 7.40. The first-order chi connectivity index (χ1) is 8.24. The molecule has 0 saturated carbocycles. The third-order valence-electron chi connectivity index (χ3n) is 2.57. The Morgan fingerprint density at radius 3 is 2.88 bits per heavy atom. The summed E-state index contributed by atoms with van der Waals surface area (Å²) >= 11 is 3.98. The standard InChI is InChI=1S/C12H14IN3S/c1-3-10(14-2)12-16-15-11(17-12)8-5-4-6-9(13)7-8/h4-7,10,14H,3H2,1-2H3. The van der Waals surface area contributed by atoms with E-state index in [1.165, 1.54) is 3.57 Å². The van der Waals surface area contributed by atoms with Crippen molar-refractivity contribution in [3.05, 3.63) is 32.8 Å². The van der Waals surface area contributed by atoms with Crippen molar-refractivity contribution in [3.8, 4) is 10.6 Å². The fourth-order valence-electron chi connectivity index (χ4n) is 1.62. The van der Waals surface area contributed by atoms with Crippen LogP contribution in [0.1, 0.15) is 24.4 Å². The summed E-state index contributed by atoms with van der Waals surface area (Å²) in [6, 6.07) is 8.64. The van der Waals surface area contributed by atoms with Gasteiger partial charge in [0.2, 0.25) is 0 Å². The maximum absolute atomic E-state index is 4.27. The molecule has 1 atom stereocenters. The number of rotatable bonds is 4. The van der Waals surface area contributed by atoms with Gasteiger partial charge in [0.15, 0.2) is 0 Å². The van der Waals surface area contributed by atoms with Gasteiger partial charge in [0, 0.05) is 9.13 Å². The molecular formula is C12H14IN3S. The van der Waals surface area contributed by atoms with Crippen LogP contribution in [0.25, 0.3) is 10.6 Å². The maximum Gasteiger partial charge on any atom is 0.147 e. The molecule has 0 saturated heterocycles. The lowest BCUT2D eigenvalue weighted by Crippen LogP contribution is -2.14. The van der Waals surface area contributed by atoms with Gasteiger partial charge in [-0.15, -0.1) is 10.2 Å². The van der Waals surface area contributed by atoms with Crippen LogP contribution in [0, 0.1) is 3.57 Å². The predicted octanol–water partition coefficient (Wildman–Crippen LogP) is 3.48. The molecule has 1 unspecified atom stereocenters. The number of nitrogens with zero attached hydrogens (tertiary/aromatic N) is 2. The van der Waals surface area contributed by atoms with Crippen molar-refractivity contribution in [2.75, 3.05) is 7.05 Å². The normalized spacial score (nSPS) is 12.6. The molecular weight excluding hydrogens is 345 g/mol. The highest BCUT2D eigenvalue weighted by Gasteiger charge is 2.13. The van der Waals surface area contributed by atoms with Crippen molar-refractivity contribution in [1.82, 2.24) is 15.5 Å². The van der Waals surface area contributed by atoms with Crippen LogP contribution in [0.15, 0.2) is 24.3 Å². The lowest BCUT2D eigenvalue weighted by atomic mass is 10.2. The maximum atomic E-state index is 4.27. The minimum atomic E-state index is 0.309. The van der Waals surface area contributed by atoms with Gasteiger partial charge in [0.25, 0.3) is 0 Å². The smallest absolute Gasteiger partial charge is 0.147 e. The van der Waals surface area contributed by atoms with Crippen LogP contribution in [0.2, 0.25) is 0 Å². The Labute approximate surface area is 119 Å². The lowest BCUT2D eigenvalue weighted by molar-refractivity contribution is 0.568. The lowest BCUT2D eigenvalue weighted by Gasteiger charge is -2.07. The van der Waals surface area contributed by atoms with Crippen molar-refractivity contribution in [2.45, 2.75) is 19.4 Å². The molecule has 0 radical (unpaired) electrons. The summed E-state index contributed by atoms with van der Waals surface area (Å²) in [6.07, 6.45) is 1.03. The third kappa shape index (κ3) is 3.02. The van der Waals surface area contributed by atoms with E-state index < -0.39 is 0 Å². The van der Waals surface area contributed by atoms with Gasteiger partial charge >= 0.3 is 0 Å².